The highest BCUT2D eigenvalue weighted by molar-refractivity contribution is 7.09. The highest BCUT2D eigenvalue weighted by Crippen LogP contribution is 2.26. The van der Waals surface area contributed by atoms with Gasteiger partial charge in [0.15, 0.2) is 0 Å². The molecule has 2 rings (SSSR count). The van der Waals surface area contributed by atoms with Crippen molar-refractivity contribution in [2.24, 2.45) is 0 Å². The molecule has 1 unspecified atom stereocenters. The first-order valence-electron chi connectivity index (χ1n) is 4.06. The van der Waals surface area contributed by atoms with Crippen LogP contribution in [-0.2, 0) is 6.42 Å². The molecule has 1 N–H and O–H groups in total. The number of rotatable bonds is 2. The van der Waals surface area contributed by atoms with Crippen LogP contribution < -0.4 is 5.32 Å². The molecule has 0 aromatic carbocycles. The van der Waals surface area contributed by atoms with Crippen molar-refractivity contribution in [1.82, 2.24) is 10.3 Å². The second-order valence-electron chi connectivity index (χ2n) is 3.22. The number of aromatic nitrogens is 1. The van der Waals surface area contributed by atoms with Crippen LogP contribution in [0.3, 0.4) is 0 Å². The molecule has 1 aromatic rings. The predicted octanol–water partition coefficient (Wildman–Crippen LogP) is 1.39. The Balaban J connectivity index is 2.02. The second-order valence-corrected chi connectivity index (χ2v) is 4.19. The molecule has 1 saturated heterocycles. The van der Waals surface area contributed by atoms with Gasteiger partial charge in [-0.05, 0) is 13.0 Å². The van der Waals surface area contributed by atoms with E-state index in [-0.39, 0.29) is 0 Å². The molecule has 1 aliphatic rings. The largest absolute Gasteiger partial charge is 0.313 e. The molecular weight excluding hydrogens is 175 g/mol. The summed E-state index contributed by atoms with van der Waals surface area (Å²) in [7, 11) is 0. The van der Waals surface area contributed by atoms with E-state index in [1.165, 1.54) is 11.3 Å². The summed E-state index contributed by atoms with van der Waals surface area (Å²) < 4.78 is 13.8. The van der Waals surface area contributed by atoms with Crippen molar-refractivity contribution in [2.45, 2.75) is 18.5 Å². The smallest absolute Gasteiger partial charge is 0.129 e. The van der Waals surface area contributed by atoms with E-state index < -0.39 is 5.67 Å². The normalized spacial score (nSPS) is 29.4. The predicted molar refractivity (Wildman–Crippen MR) is 47.1 cm³/mol. The van der Waals surface area contributed by atoms with Crippen LogP contribution in [-0.4, -0.2) is 23.7 Å². The van der Waals surface area contributed by atoms with Gasteiger partial charge in [0.25, 0.3) is 0 Å². The minimum atomic E-state index is -1.02. The highest BCUT2D eigenvalue weighted by atomic mass is 32.1. The molecule has 1 aliphatic heterocycles. The number of halogens is 1. The monoisotopic (exact) mass is 186 g/mol. The van der Waals surface area contributed by atoms with E-state index in [1.54, 1.807) is 11.7 Å². The van der Waals surface area contributed by atoms with Gasteiger partial charge in [0.2, 0.25) is 0 Å². The molecule has 0 radical (unpaired) electrons. The topological polar surface area (TPSA) is 24.9 Å². The summed E-state index contributed by atoms with van der Waals surface area (Å²) in [5.41, 5.74) is 0.730. The van der Waals surface area contributed by atoms with Gasteiger partial charge in [0.1, 0.15) is 5.67 Å². The van der Waals surface area contributed by atoms with Crippen molar-refractivity contribution in [3.05, 3.63) is 16.6 Å². The molecule has 0 aliphatic carbocycles. The standard InChI is InChI=1S/C8H11FN2S/c9-8(1-2-10-5-8)3-7-4-11-6-12-7/h4,6,10H,1-3,5H2. The summed E-state index contributed by atoms with van der Waals surface area (Å²) >= 11 is 1.53. The maximum absolute atomic E-state index is 13.8. The summed E-state index contributed by atoms with van der Waals surface area (Å²) in [6.07, 6.45) is 2.90. The van der Waals surface area contributed by atoms with Gasteiger partial charge < -0.3 is 5.32 Å². The number of alkyl halides is 1. The molecule has 1 atom stereocenters. The van der Waals surface area contributed by atoms with Crippen LogP contribution in [0.5, 0.6) is 0 Å². The van der Waals surface area contributed by atoms with Gasteiger partial charge in [-0.25, -0.2) is 4.39 Å². The van der Waals surface area contributed by atoms with Gasteiger partial charge in [0.05, 0.1) is 5.51 Å². The molecule has 2 nitrogen and oxygen atoms in total. The zero-order chi connectivity index (χ0) is 8.44. The van der Waals surface area contributed by atoms with Gasteiger partial charge in [-0.3, -0.25) is 4.98 Å². The Morgan fingerprint density at radius 1 is 1.75 bits per heavy atom. The van der Waals surface area contributed by atoms with E-state index in [4.69, 9.17) is 0 Å². The summed E-state index contributed by atoms with van der Waals surface area (Å²) in [5.74, 6) is 0. The molecular formula is C8H11FN2S. The van der Waals surface area contributed by atoms with Crippen molar-refractivity contribution in [1.29, 1.82) is 0 Å². The van der Waals surface area contributed by atoms with Gasteiger partial charge in [-0.15, -0.1) is 11.3 Å². The SMILES string of the molecule is FC1(Cc2cncs2)CCNC1. The van der Waals surface area contributed by atoms with Crippen LogP contribution in [0.1, 0.15) is 11.3 Å². The first-order chi connectivity index (χ1) is 5.79. The Labute approximate surface area is 74.8 Å². The molecule has 0 amide bonds. The Hall–Kier alpha value is -0.480. The molecule has 0 saturated carbocycles. The molecule has 1 aromatic heterocycles. The number of nitrogens with one attached hydrogen (secondary N) is 1. The van der Waals surface area contributed by atoms with Gasteiger partial charge in [-0.1, -0.05) is 0 Å². The van der Waals surface area contributed by atoms with Gasteiger partial charge in [-0.2, -0.15) is 0 Å². The molecule has 0 bridgehead atoms. The number of hydrogen-bond acceptors (Lipinski definition) is 3. The lowest BCUT2D eigenvalue weighted by Crippen LogP contribution is -2.28. The lowest BCUT2D eigenvalue weighted by atomic mass is 10.0. The van der Waals surface area contributed by atoms with E-state index in [0.717, 1.165) is 11.4 Å². The minimum Gasteiger partial charge on any atom is -0.313 e. The average molecular weight is 186 g/mol. The average Bonchev–Trinajstić information content (AvgIpc) is 2.62. The Morgan fingerprint density at radius 2 is 2.67 bits per heavy atom. The summed E-state index contributed by atoms with van der Waals surface area (Å²) in [5, 5.41) is 3.03. The summed E-state index contributed by atoms with van der Waals surface area (Å²) in [6, 6.07) is 0. The maximum atomic E-state index is 13.8. The van der Waals surface area contributed by atoms with Crippen LogP contribution in [0.15, 0.2) is 11.7 Å². The molecule has 0 spiro atoms. The molecule has 2 heterocycles. The van der Waals surface area contributed by atoms with Crippen molar-refractivity contribution in [3.63, 3.8) is 0 Å². The summed E-state index contributed by atoms with van der Waals surface area (Å²) in [4.78, 5) is 4.97. The molecule has 12 heavy (non-hydrogen) atoms. The second kappa shape index (κ2) is 3.11. The van der Waals surface area contributed by atoms with Crippen molar-refractivity contribution in [3.8, 4) is 0 Å². The van der Waals surface area contributed by atoms with E-state index in [9.17, 15) is 4.39 Å². The fourth-order valence-electron chi connectivity index (χ4n) is 1.51. The van der Waals surface area contributed by atoms with Crippen LogP contribution in [0.25, 0.3) is 0 Å². The van der Waals surface area contributed by atoms with Crippen molar-refractivity contribution < 1.29 is 4.39 Å². The third-order valence-electron chi connectivity index (χ3n) is 2.17. The number of thiazole rings is 1. The fourth-order valence-corrected chi connectivity index (χ4v) is 2.23. The molecule has 1 fully saturated rings. The number of hydrogen-bond donors (Lipinski definition) is 1. The van der Waals surface area contributed by atoms with Crippen molar-refractivity contribution in [2.75, 3.05) is 13.1 Å². The van der Waals surface area contributed by atoms with E-state index in [2.05, 4.69) is 10.3 Å². The quantitative estimate of drug-likeness (QED) is 0.755. The van der Waals surface area contributed by atoms with Gasteiger partial charge in [0, 0.05) is 24.0 Å². The first kappa shape index (κ1) is 8.13. The fraction of sp³-hybridized carbons (Fsp3) is 0.625. The van der Waals surface area contributed by atoms with Crippen LogP contribution >= 0.6 is 11.3 Å². The summed E-state index contributed by atoms with van der Waals surface area (Å²) in [6.45, 7) is 1.29. The maximum Gasteiger partial charge on any atom is 0.129 e. The first-order valence-corrected chi connectivity index (χ1v) is 4.93. The van der Waals surface area contributed by atoms with E-state index >= 15 is 0 Å². The molecule has 66 valence electrons. The van der Waals surface area contributed by atoms with Crippen molar-refractivity contribution >= 4 is 11.3 Å². The minimum absolute atomic E-state index is 0.491. The van der Waals surface area contributed by atoms with Crippen LogP contribution in [0, 0.1) is 0 Å². The Morgan fingerprint density at radius 3 is 3.25 bits per heavy atom. The highest BCUT2D eigenvalue weighted by Gasteiger charge is 2.33. The number of nitrogens with zero attached hydrogens (tertiary/aromatic N) is 1. The molecule has 4 heteroatoms. The Bertz CT molecular complexity index is 242. The third-order valence-corrected chi connectivity index (χ3v) is 2.95. The third kappa shape index (κ3) is 1.64. The van der Waals surface area contributed by atoms with E-state index in [0.29, 0.717) is 19.4 Å². The zero-order valence-electron chi connectivity index (χ0n) is 6.72. The van der Waals surface area contributed by atoms with Gasteiger partial charge >= 0.3 is 0 Å². The lowest BCUT2D eigenvalue weighted by Gasteiger charge is -2.15. The Kier molecular flexibility index (Phi) is 2.11. The lowest BCUT2D eigenvalue weighted by molar-refractivity contribution is 0.192. The van der Waals surface area contributed by atoms with Crippen LogP contribution in [0.2, 0.25) is 0 Å². The van der Waals surface area contributed by atoms with E-state index in [1.807, 2.05) is 0 Å². The zero-order valence-corrected chi connectivity index (χ0v) is 7.53. The van der Waals surface area contributed by atoms with Crippen LogP contribution in [0.4, 0.5) is 4.39 Å².